The third-order valence-electron chi connectivity index (χ3n) is 1.17. The second-order valence-electron chi connectivity index (χ2n) is 2.00. The molecule has 0 heterocycles. The Balaban J connectivity index is 0.000000671. The van der Waals surface area contributed by atoms with Gasteiger partial charge in [0, 0.05) is 0 Å². The molecular formula is C9H10F4. The van der Waals surface area contributed by atoms with Gasteiger partial charge in [0.15, 0.2) is 0 Å². The summed E-state index contributed by atoms with van der Waals surface area (Å²) in [5.41, 5.74) is -0.834. The van der Waals surface area contributed by atoms with Crippen LogP contribution in [0.15, 0.2) is 24.3 Å². The van der Waals surface area contributed by atoms with Crippen molar-refractivity contribution in [1.82, 2.24) is 0 Å². The van der Waals surface area contributed by atoms with Crippen LogP contribution < -0.4 is 0 Å². The van der Waals surface area contributed by atoms with Crippen LogP contribution >= 0.6 is 0 Å². The molecule has 0 aliphatic carbocycles. The molecule has 74 valence electrons. The van der Waals surface area contributed by atoms with E-state index in [2.05, 4.69) is 0 Å². The van der Waals surface area contributed by atoms with Gasteiger partial charge in [-0.1, -0.05) is 13.8 Å². The van der Waals surface area contributed by atoms with E-state index in [0.717, 1.165) is 12.1 Å². The molecule has 1 aromatic carbocycles. The molecular weight excluding hydrogens is 184 g/mol. The van der Waals surface area contributed by atoms with Crippen LogP contribution in [0.3, 0.4) is 0 Å². The van der Waals surface area contributed by atoms with Crippen molar-refractivity contribution in [1.29, 1.82) is 0 Å². The maximum absolute atomic E-state index is 12.1. The highest BCUT2D eigenvalue weighted by Gasteiger charge is 2.29. The third-order valence-corrected chi connectivity index (χ3v) is 1.17. The molecule has 0 saturated carbocycles. The van der Waals surface area contributed by atoms with Crippen LogP contribution in [0.5, 0.6) is 0 Å². The van der Waals surface area contributed by atoms with Gasteiger partial charge in [0.2, 0.25) is 0 Å². The van der Waals surface area contributed by atoms with E-state index in [1.54, 1.807) is 0 Å². The zero-order valence-corrected chi connectivity index (χ0v) is 7.32. The predicted octanol–water partition coefficient (Wildman–Crippen LogP) is 3.87. The second-order valence-corrected chi connectivity index (χ2v) is 2.00. The van der Waals surface area contributed by atoms with Crippen molar-refractivity contribution in [2.75, 3.05) is 0 Å². The largest absolute Gasteiger partial charge is 0.416 e. The second kappa shape index (κ2) is 4.84. The van der Waals surface area contributed by atoms with Gasteiger partial charge in [-0.3, -0.25) is 0 Å². The fraction of sp³-hybridized carbons (Fsp3) is 0.333. The molecule has 0 atom stereocenters. The van der Waals surface area contributed by atoms with Crippen LogP contribution in [-0.2, 0) is 6.18 Å². The molecule has 0 bridgehead atoms. The molecule has 0 saturated heterocycles. The quantitative estimate of drug-likeness (QED) is 0.550. The highest BCUT2D eigenvalue weighted by atomic mass is 19.4. The van der Waals surface area contributed by atoms with Gasteiger partial charge in [0.05, 0.1) is 5.56 Å². The number of hydrogen-bond donors (Lipinski definition) is 0. The van der Waals surface area contributed by atoms with Crippen LogP contribution in [0.1, 0.15) is 19.4 Å². The maximum Gasteiger partial charge on any atom is 0.416 e. The summed E-state index contributed by atoms with van der Waals surface area (Å²) >= 11 is 0. The van der Waals surface area contributed by atoms with E-state index in [9.17, 15) is 17.6 Å². The first kappa shape index (κ1) is 11.9. The van der Waals surface area contributed by atoms with E-state index >= 15 is 0 Å². The van der Waals surface area contributed by atoms with Gasteiger partial charge in [0.25, 0.3) is 0 Å². The molecule has 1 rings (SSSR count). The van der Waals surface area contributed by atoms with Crippen molar-refractivity contribution in [3.8, 4) is 0 Å². The van der Waals surface area contributed by atoms with Gasteiger partial charge in [0.1, 0.15) is 5.82 Å². The minimum Gasteiger partial charge on any atom is -0.207 e. The average Bonchev–Trinajstić information content (AvgIpc) is 2.07. The van der Waals surface area contributed by atoms with E-state index in [0.29, 0.717) is 12.1 Å². The van der Waals surface area contributed by atoms with Crippen LogP contribution in [0.25, 0.3) is 0 Å². The Morgan fingerprint density at radius 2 is 1.31 bits per heavy atom. The molecule has 0 fully saturated rings. The Labute approximate surface area is 74.2 Å². The Bertz CT molecular complexity index is 235. The first-order valence-corrected chi connectivity index (χ1v) is 3.83. The molecule has 0 aliphatic rings. The van der Waals surface area contributed by atoms with E-state index in [-0.39, 0.29) is 0 Å². The van der Waals surface area contributed by atoms with E-state index in [1.807, 2.05) is 13.8 Å². The third kappa shape index (κ3) is 3.92. The van der Waals surface area contributed by atoms with Gasteiger partial charge in [-0.05, 0) is 24.3 Å². The van der Waals surface area contributed by atoms with Gasteiger partial charge < -0.3 is 0 Å². The van der Waals surface area contributed by atoms with E-state index in [1.165, 1.54) is 0 Å². The molecule has 0 radical (unpaired) electrons. The molecule has 13 heavy (non-hydrogen) atoms. The van der Waals surface area contributed by atoms with E-state index in [4.69, 9.17) is 0 Å². The molecule has 1 aromatic rings. The fourth-order valence-electron chi connectivity index (χ4n) is 0.639. The minimum absolute atomic E-state index is 0.669. The smallest absolute Gasteiger partial charge is 0.207 e. The van der Waals surface area contributed by atoms with E-state index < -0.39 is 17.6 Å². The highest BCUT2D eigenvalue weighted by molar-refractivity contribution is 5.18. The lowest BCUT2D eigenvalue weighted by Gasteiger charge is -2.04. The Kier molecular flexibility index (Phi) is 4.45. The summed E-state index contributed by atoms with van der Waals surface area (Å²) in [6, 6.07) is 2.97. The number of rotatable bonds is 0. The summed E-state index contributed by atoms with van der Waals surface area (Å²) in [6.45, 7) is 4.00. The normalized spacial score (nSPS) is 10.3. The zero-order valence-electron chi connectivity index (χ0n) is 7.32. The summed E-state index contributed by atoms with van der Waals surface area (Å²) < 4.78 is 47.5. The van der Waals surface area contributed by atoms with Gasteiger partial charge in [-0.15, -0.1) is 0 Å². The van der Waals surface area contributed by atoms with Crippen LogP contribution in [0.4, 0.5) is 17.6 Å². The predicted molar refractivity (Wildman–Crippen MR) is 42.8 cm³/mol. The van der Waals surface area contributed by atoms with Crippen molar-refractivity contribution in [2.24, 2.45) is 0 Å². The first-order valence-electron chi connectivity index (χ1n) is 3.83. The highest BCUT2D eigenvalue weighted by Crippen LogP contribution is 2.28. The summed E-state index contributed by atoms with van der Waals surface area (Å²) in [4.78, 5) is 0. The summed E-state index contributed by atoms with van der Waals surface area (Å²) in [5, 5.41) is 0. The summed E-state index contributed by atoms with van der Waals surface area (Å²) in [7, 11) is 0. The zero-order chi connectivity index (χ0) is 10.5. The van der Waals surface area contributed by atoms with Crippen LogP contribution in [-0.4, -0.2) is 0 Å². The minimum atomic E-state index is -4.38. The topological polar surface area (TPSA) is 0 Å². The SMILES string of the molecule is CC.Fc1ccc(C(F)(F)F)cc1. The fourth-order valence-corrected chi connectivity index (χ4v) is 0.639. The summed E-state index contributed by atoms with van der Waals surface area (Å²) in [6.07, 6.45) is -4.38. The first-order chi connectivity index (χ1) is 6.00. The standard InChI is InChI=1S/C7H4F4.C2H6/c8-6-3-1-5(2-4-6)7(9,10)11;1-2/h1-4H;1-2H3. The van der Waals surface area contributed by atoms with Crippen molar-refractivity contribution < 1.29 is 17.6 Å². The summed E-state index contributed by atoms with van der Waals surface area (Å²) in [5.74, 6) is -0.669. The lowest BCUT2D eigenvalue weighted by atomic mass is 10.2. The molecule has 0 spiro atoms. The number of alkyl halides is 3. The number of halogens is 4. The molecule has 0 unspecified atom stereocenters. The molecule has 0 nitrogen and oxygen atoms in total. The number of hydrogen-bond acceptors (Lipinski definition) is 0. The molecule has 4 heteroatoms. The molecule has 0 aromatic heterocycles. The molecule has 0 N–H and O–H groups in total. The van der Waals surface area contributed by atoms with Crippen molar-refractivity contribution >= 4 is 0 Å². The van der Waals surface area contributed by atoms with Crippen LogP contribution in [0, 0.1) is 5.82 Å². The van der Waals surface area contributed by atoms with Gasteiger partial charge in [-0.25, -0.2) is 4.39 Å². The monoisotopic (exact) mass is 194 g/mol. The molecule has 0 aliphatic heterocycles. The average molecular weight is 194 g/mol. The Hall–Kier alpha value is -1.06. The Morgan fingerprint density at radius 1 is 0.923 bits per heavy atom. The maximum atomic E-state index is 12.1. The van der Waals surface area contributed by atoms with Crippen LogP contribution in [0.2, 0.25) is 0 Å². The lowest BCUT2D eigenvalue weighted by Crippen LogP contribution is -2.03. The van der Waals surface area contributed by atoms with Gasteiger partial charge >= 0.3 is 6.18 Å². The van der Waals surface area contributed by atoms with Gasteiger partial charge in [-0.2, -0.15) is 13.2 Å². The Morgan fingerprint density at radius 3 is 1.62 bits per heavy atom. The number of benzene rings is 1. The lowest BCUT2D eigenvalue weighted by molar-refractivity contribution is -0.137. The molecule has 0 amide bonds. The van der Waals surface area contributed by atoms with Crippen molar-refractivity contribution in [2.45, 2.75) is 20.0 Å². The van der Waals surface area contributed by atoms with Crippen molar-refractivity contribution in [3.63, 3.8) is 0 Å². The van der Waals surface area contributed by atoms with Crippen molar-refractivity contribution in [3.05, 3.63) is 35.6 Å².